The molecule has 0 saturated carbocycles. The van der Waals surface area contributed by atoms with Gasteiger partial charge in [-0.25, -0.2) is 0 Å². The van der Waals surface area contributed by atoms with Crippen molar-refractivity contribution in [2.45, 2.75) is 19.2 Å². The van der Waals surface area contributed by atoms with Crippen LogP contribution in [0.15, 0.2) is 47.1 Å². The van der Waals surface area contributed by atoms with E-state index in [9.17, 15) is 8.78 Å². The first-order valence-electron chi connectivity index (χ1n) is 7.00. The summed E-state index contributed by atoms with van der Waals surface area (Å²) in [6.07, 6.45) is 1.66. The number of furan rings is 1. The standard InChI is InChI=1S/C16H20F2N2O2/c1-20(2)14(15-4-3-9-21-15)11-19-10-12-5-7-13(8-6-12)22-16(17)18/h3-9,14,16,19H,10-11H2,1-2H3. The number of likely N-dealkylation sites (N-methyl/N-ethyl adjacent to an activating group) is 1. The van der Waals surface area contributed by atoms with E-state index in [1.54, 1.807) is 30.5 Å². The molecule has 1 N–H and O–H groups in total. The SMILES string of the molecule is CN(C)C(CNCc1ccc(OC(F)F)cc1)c1ccco1. The number of rotatable bonds is 8. The number of nitrogens with zero attached hydrogens (tertiary/aromatic N) is 1. The molecule has 0 aliphatic carbocycles. The molecule has 1 atom stereocenters. The summed E-state index contributed by atoms with van der Waals surface area (Å²) in [5.74, 6) is 1.07. The van der Waals surface area contributed by atoms with Crippen molar-refractivity contribution in [3.63, 3.8) is 0 Å². The quantitative estimate of drug-likeness (QED) is 0.812. The van der Waals surface area contributed by atoms with Gasteiger partial charge in [-0.1, -0.05) is 12.1 Å². The molecule has 0 amide bonds. The fourth-order valence-electron chi connectivity index (χ4n) is 2.16. The number of halogens is 2. The van der Waals surface area contributed by atoms with Crippen molar-refractivity contribution in [2.75, 3.05) is 20.6 Å². The normalized spacial score (nSPS) is 12.8. The summed E-state index contributed by atoms with van der Waals surface area (Å²) in [5.41, 5.74) is 0.999. The first-order valence-corrected chi connectivity index (χ1v) is 7.00. The summed E-state index contributed by atoms with van der Waals surface area (Å²) in [6.45, 7) is -1.44. The van der Waals surface area contributed by atoms with E-state index in [2.05, 4.69) is 15.0 Å². The fourth-order valence-corrected chi connectivity index (χ4v) is 2.16. The molecule has 120 valence electrons. The van der Waals surface area contributed by atoms with Gasteiger partial charge in [0, 0.05) is 13.1 Å². The number of nitrogens with one attached hydrogen (secondary N) is 1. The average molecular weight is 310 g/mol. The number of ether oxygens (including phenoxy) is 1. The largest absolute Gasteiger partial charge is 0.468 e. The molecule has 0 saturated heterocycles. The Morgan fingerprint density at radius 2 is 1.91 bits per heavy atom. The maximum Gasteiger partial charge on any atom is 0.387 e. The van der Waals surface area contributed by atoms with Crippen LogP contribution in [0.5, 0.6) is 5.75 Å². The minimum atomic E-state index is -2.79. The van der Waals surface area contributed by atoms with Crippen molar-refractivity contribution in [2.24, 2.45) is 0 Å². The molecule has 0 spiro atoms. The Hall–Kier alpha value is -1.92. The summed E-state index contributed by atoms with van der Waals surface area (Å²) in [6, 6.07) is 10.6. The van der Waals surface area contributed by atoms with E-state index >= 15 is 0 Å². The molecule has 1 aromatic heterocycles. The van der Waals surface area contributed by atoms with E-state index < -0.39 is 6.61 Å². The number of hydrogen-bond donors (Lipinski definition) is 1. The number of alkyl halides is 2. The van der Waals surface area contributed by atoms with Crippen molar-refractivity contribution in [3.8, 4) is 5.75 Å². The van der Waals surface area contributed by atoms with E-state index in [0.29, 0.717) is 6.54 Å². The Kier molecular flexibility index (Phi) is 5.91. The van der Waals surface area contributed by atoms with E-state index in [0.717, 1.165) is 17.9 Å². The van der Waals surface area contributed by atoms with Gasteiger partial charge in [0.25, 0.3) is 0 Å². The lowest BCUT2D eigenvalue weighted by molar-refractivity contribution is -0.0498. The highest BCUT2D eigenvalue weighted by Gasteiger charge is 2.16. The summed E-state index contributed by atoms with van der Waals surface area (Å²) in [4.78, 5) is 2.07. The van der Waals surface area contributed by atoms with Gasteiger partial charge in [0.15, 0.2) is 0 Å². The van der Waals surface area contributed by atoms with Crippen molar-refractivity contribution >= 4 is 0 Å². The van der Waals surface area contributed by atoms with Crippen molar-refractivity contribution in [3.05, 3.63) is 54.0 Å². The van der Waals surface area contributed by atoms with Crippen LogP contribution < -0.4 is 10.1 Å². The first kappa shape index (κ1) is 16.5. The molecule has 1 heterocycles. The number of benzene rings is 1. The third-order valence-electron chi connectivity index (χ3n) is 3.31. The van der Waals surface area contributed by atoms with Gasteiger partial charge >= 0.3 is 6.61 Å². The van der Waals surface area contributed by atoms with E-state index in [-0.39, 0.29) is 11.8 Å². The predicted octanol–water partition coefficient (Wildman–Crippen LogP) is 3.27. The van der Waals surface area contributed by atoms with Crippen LogP contribution in [0.25, 0.3) is 0 Å². The highest BCUT2D eigenvalue weighted by molar-refractivity contribution is 5.27. The molecular weight excluding hydrogens is 290 g/mol. The van der Waals surface area contributed by atoms with Gasteiger partial charge in [0.05, 0.1) is 12.3 Å². The van der Waals surface area contributed by atoms with Gasteiger partial charge in [0.2, 0.25) is 0 Å². The lowest BCUT2D eigenvalue weighted by atomic mass is 10.2. The lowest BCUT2D eigenvalue weighted by Crippen LogP contribution is -2.30. The lowest BCUT2D eigenvalue weighted by Gasteiger charge is -2.22. The Morgan fingerprint density at radius 1 is 1.18 bits per heavy atom. The second-order valence-electron chi connectivity index (χ2n) is 5.15. The highest BCUT2D eigenvalue weighted by Crippen LogP contribution is 2.18. The Balaban J connectivity index is 1.84. The van der Waals surface area contributed by atoms with Crippen LogP contribution in [0.2, 0.25) is 0 Å². The van der Waals surface area contributed by atoms with Crippen LogP contribution in [-0.4, -0.2) is 32.2 Å². The average Bonchev–Trinajstić information content (AvgIpc) is 2.98. The smallest absolute Gasteiger partial charge is 0.387 e. The van der Waals surface area contributed by atoms with Crippen LogP contribution in [0.3, 0.4) is 0 Å². The molecule has 2 rings (SSSR count). The van der Waals surface area contributed by atoms with Gasteiger partial charge in [-0.05, 0) is 43.9 Å². The van der Waals surface area contributed by atoms with Gasteiger partial charge in [0.1, 0.15) is 11.5 Å². The molecule has 1 unspecified atom stereocenters. The Bertz CT molecular complexity index is 542. The Labute approximate surface area is 128 Å². The minimum Gasteiger partial charge on any atom is -0.468 e. The van der Waals surface area contributed by atoms with E-state index in [1.807, 2.05) is 26.2 Å². The van der Waals surface area contributed by atoms with Crippen LogP contribution in [0.1, 0.15) is 17.4 Å². The van der Waals surface area contributed by atoms with Crippen molar-refractivity contribution < 1.29 is 17.9 Å². The maximum absolute atomic E-state index is 12.1. The summed E-state index contributed by atoms with van der Waals surface area (Å²) >= 11 is 0. The summed E-state index contributed by atoms with van der Waals surface area (Å²) in [5, 5.41) is 3.34. The molecule has 22 heavy (non-hydrogen) atoms. The van der Waals surface area contributed by atoms with Crippen LogP contribution in [0.4, 0.5) is 8.78 Å². The van der Waals surface area contributed by atoms with Gasteiger partial charge < -0.3 is 14.5 Å². The van der Waals surface area contributed by atoms with Crippen molar-refractivity contribution in [1.82, 2.24) is 10.2 Å². The van der Waals surface area contributed by atoms with E-state index in [4.69, 9.17) is 4.42 Å². The summed E-state index contributed by atoms with van der Waals surface area (Å²) < 4.78 is 33.9. The molecule has 0 aliphatic rings. The van der Waals surface area contributed by atoms with Gasteiger partial charge in [-0.15, -0.1) is 0 Å². The second kappa shape index (κ2) is 7.91. The zero-order valence-corrected chi connectivity index (χ0v) is 12.6. The molecule has 6 heteroatoms. The Morgan fingerprint density at radius 3 is 2.45 bits per heavy atom. The monoisotopic (exact) mass is 310 g/mol. The van der Waals surface area contributed by atoms with Crippen molar-refractivity contribution in [1.29, 1.82) is 0 Å². The third kappa shape index (κ3) is 4.82. The van der Waals surface area contributed by atoms with Gasteiger partial charge in [-0.2, -0.15) is 8.78 Å². The molecule has 0 aliphatic heterocycles. The molecule has 4 nitrogen and oxygen atoms in total. The molecule has 0 fully saturated rings. The second-order valence-corrected chi connectivity index (χ2v) is 5.15. The van der Waals surface area contributed by atoms with E-state index in [1.165, 1.54) is 0 Å². The predicted molar refractivity (Wildman–Crippen MR) is 79.9 cm³/mol. The van der Waals surface area contributed by atoms with Crippen LogP contribution >= 0.6 is 0 Å². The van der Waals surface area contributed by atoms with Crippen LogP contribution in [-0.2, 0) is 6.54 Å². The molecular formula is C16H20F2N2O2. The third-order valence-corrected chi connectivity index (χ3v) is 3.31. The van der Waals surface area contributed by atoms with Gasteiger partial charge in [-0.3, -0.25) is 4.90 Å². The fraction of sp³-hybridized carbons (Fsp3) is 0.375. The zero-order chi connectivity index (χ0) is 15.9. The molecule has 1 aromatic carbocycles. The highest BCUT2D eigenvalue weighted by atomic mass is 19.3. The molecule has 0 bridgehead atoms. The topological polar surface area (TPSA) is 37.6 Å². The van der Waals surface area contributed by atoms with Crippen LogP contribution in [0, 0.1) is 0 Å². The minimum absolute atomic E-state index is 0.136. The zero-order valence-electron chi connectivity index (χ0n) is 12.6. The maximum atomic E-state index is 12.1. The molecule has 2 aromatic rings. The number of hydrogen-bond acceptors (Lipinski definition) is 4. The first-order chi connectivity index (χ1) is 10.6. The summed E-state index contributed by atoms with van der Waals surface area (Å²) in [7, 11) is 3.98. The molecule has 0 radical (unpaired) electrons.